The highest BCUT2D eigenvalue weighted by Gasteiger charge is 2.22. The van der Waals surface area contributed by atoms with Crippen LogP contribution in [0.25, 0.3) is 17.2 Å². The van der Waals surface area contributed by atoms with Gasteiger partial charge >= 0.3 is 5.97 Å². The average molecular weight is 482 g/mol. The van der Waals surface area contributed by atoms with Crippen LogP contribution in [-0.4, -0.2) is 39.3 Å². The van der Waals surface area contributed by atoms with Crippen molar-refractivity contribution in [2.24, 2.45) is 0 Å². The number of nitrogens with one attached hydrogen (secondary N) is 1. The third-order valence-corrected chi connectivity index (χ3v) is 5.71. The number of rotatable bonds is 10. The van der Waals surface area contributed by atoms with Gasteiger partial charge in [-0.15, -0.1) is 11.3 Å². The number of ether oxygens (including phenoxy) is 4. The predicted molar refractivity (Wildman–Crippen MR) is 134 cm³/mol. The van der Waals surface area contributed by atoms with Gasteiger partial charge in [-0.1, -0.05) is 18.2 Å². The van der Waals surface area contributed by atoms with Crippen molar-refractivity contribution >= 4 is 34.3 Å². The van der Waals surface area contributed by atoms with Crippen LogP contribution in [0.5, 0.6) is 17.2 Å². The van der Waals surface area contributed by atoms with E-state index in [1.54, 1.807) is 39.4 Å². The second kappa shape index (κ2) is 11.9. The molecule has 0 radical (unpaired) electrons. The lowest BCUT2D eigenvalue weighted by atomic mass is 10.0. The van der Waals surface area contributed by atoms with Crippen molar-refractivity contribution in [3.05, 3.63) is 65.0 Å². The van der Waals surface area contributed by atoms with Gasteiger partial charge in [0, 0.05) is 17.0 Å². The number of hydrogen-bond donors (Lipinski definition) is 1. The maximum atomic E-state index is 12.7. The summed E-state index contributed by atoms with van der Waals surface area (Å²) in [7, 11) is 3.11. The SMILES string of the molecule is CCOC(=O)c1c(-c2ccc(OCC)cc2)csc1NC(=O)/C=C/c1ccc(OC)c(OC)c1. The van der Waals surface area contributed by atoms with Gasteiger partial charge in [0.05, 0.1) is 27.4 Å². The first kappa shape index (κ1) is 24.9. The first-order valence-corrected chi connectivity index (χ1v) is 11.6. The number of thiophene rings is 1. The Kier molecular flexibility index (Phi) is 8.70. The lowest BCUT2D eigenvalue weighted by Crippen LogP contribution is -2.12. The van der Waals surface area contributed by atoms with Gasteiger partial charge < -0.3 is 24.3 Å². The van der Waals surface area contributed by atoms with Gasteiger partial charge in [-0.3, -0.25) is 4.79 Å². The Labute approximate surface area is 202 Å². The van der Waals surface area contributed by atoms with Crippen LogP contribution < -0.4 is 19.5 Å². The molecule has 0 saturated heterocycles. The number of anilines is 1. The number of amides is 1. The van der Waals surface area contributed by atoms with Gasteiger partial charge in [-0.2, -0.15) is 0 Å². The molecule has 0 aliphatic heterocycles. The van der Waals surface area contributed by atoms with E-state index in [1.807, 2.05) is 42.6 Å². The van der Waals surface area contributed by atoms with Crippen molar-refractivity contribution in [3.8, 4) is 28.4 Å². The van der Waals surface area contributed by atoms with Gasteiger partial charge in [0.15, 0.2) is 11.5 Å². The van der Waals surface area contributed by atoms with Crippen LogP contribution in [0.1, 0.15) is 29.8 Å². The molecule has 0 aliphatic carbocycles. The van der Waals surface area contributed by atoms with E-state index in [2.05, 4.69) is 5.32 Å². The minimum Gasteiger partial charge on any atom is -0.494 e. The molecule has 0 aliphatic rings. The number of hydrogen-bond acceptors (Lipinski definition) is 7. The third kappa shape index (κ3) is 5.96. The van der Waals surface area contributed by atoms with E-state index in [0.717, 1.165) is 16.9 Å². The first-order chi connectivity index (χ1) is 16.5. The van der Waals surface area contributed by atoms with Crippen LogP contribution in [0, 0.1) is 0 Å². The molecule has 34 heavy (non-hydrogen) atoms. The molecule has 8 heteroatoms. The van der Waals surface area contributed by atoms with Crippen molar-refractivity contribution in [3.63, 3.8) is 0 Å². The summed E-state index contributed by atoms with van der Waals surface area (Å²) in [5.41, 5.74) is 2.60. The second-order valence-corrected chi connectivity index (χ2v) is 7.85. The fraction of sp³-hybridized carbons (Fsp3) is 0.231. The Morgan fingerprint density at radius 3 is 2.35 bits per heavy atom. The number of esters is 1. The molecule has 1 amide bonds. The van der Waals surface area contributed by atoms with Gasteiger partial charge in [0.2, 0.25) is 5.91 Å². The molecule has 3 rings (SSSR count). The molecule has 1 aromatic heterocycles. The average Bonchev–Trinajstić information content (AvgIpc) is 3.26. The Hall–Kier alpha value is -3.78. The molecule has 0 atom stereocenters. The van der Waals surface area contributed by atoms with E-state index < -0.39 is 5.97 Å². The molecule has 0 fully saturated rings. The topological polar surface area (TPSA) is 83.1 Å². The van der Waals surface area contributed by atoms with Gasteiger partial charge in [-0.05, 0) is 55.3 Å². The van der Waals surface area contributed by atoms with Crippen molar-refractivity contribution in [1.29, 1.82) is 0 Å². The maximum absolute atomic E-state index is 12.7. The standard InChI is InChI=1S/C26H27NO6S/c1-5-32-19-11-9-18(10-12-19)20-16-34-25(24(20)26(29)33-6-2)27-23(28)14-8-17-7-13-21(30-3)22(15-17)31-4/h7-16H,5-6H2,1-4H3,(H,27,28)/b14-8+. The van der Waals surface area contributed by atoms with Gasteiger partial charge in [0.25, 0.3) is 0 Å². The maximum Gasteiger partial charge on any atom is 0.341 e. The summed E-state index contributed by atoms with van der Waals surface area (Å²) in [6.45, 7) is 4.45. The molecular formula is C26H27NO6S. The molecule has 0 unspecified atom stereocenters. The predicted octanol–water partition coefficient (Wildman–Crippen LogP) is 5.66. The van der Waals surface area contributed by atoms with E-state index in [0.29, 0.717) is 34.2 Å². The molecule has 0 bridgehead atoms. The number of benzene rings is 2. The number of carbonyl (C=O) groups is 2. The molecule has 2 aromatic carbocycles. The third-order valence-electron chi connectivity index (χ3n) is 4.82. The summed E-state index contributed by atoms with van der Waals surface area (Å²) in [5, 5.41) is 5.05. The highest BCUT2D eigenvalue weighted by atomic mass is 32.1. The quantitative estimate of drug-likeness (QED) is 0.297. The first-order valence-electron chi connectivity index (χ1n) is 10.7. The van der Waals surface area contributed by atoms with Crippen LogP contribution >= 0.6 is 11.3 Å². The zero-order chi connectivity index (χ0) is 24.5. The fourth-order valence-corrected chi connectivity index (χ4v) is 4.21. The summed E-state index contributed by atoms with van der Waals surface area (Å²) in [6, 6.07) is 12.8. The van der Waals surface area contributed by atoms with E-state index in [9.17, 15) is 9.59 Å². The van der Waals surface area contributed by atoms with Crippen LogP contribution in [0.15, 0.2) is 53.9 Å². The summed E-state index contributed by atoms with van der Waals surface area (Å²) >= 11 is 1.27. The normalized spacial score (nSPS) is 10.7. The van der Waals surface area contributed by atoms with Crippen molar-refractivity contribution in [2.75, 3.05) is 32.8 Å². The monoisotopic (exact) mass is 481 g/mol. The second-order valence-electron chi connectivity index (χ2n) is 6.97. The largest absolute Gasteiger partial charge is 0.494 e. The Bertz CT molecular complexity index is 1170. The van der Waals surface area contributed by atoms with Gasteiger partial charge in [-0.25, -0.2) is 4.79 Å². The molecule has 0 spiro atoms. The number of carbonyl (C=O) groups excluding carboxylic acids is 2. The molecule has 178 valence electrons. The Balaban J connectivity index is 1.84. The van der Waals surface area contributed by atoms with Crippen LogP contribution in [0.2, 0.25) is 0 Å². The Morgan fingerprint density at radius 2 is 1.71 bits per heavy atom. The van der Waals surface area contributed by atoms with Crippen molar-refractivity contribution in [2.45, 2.75) is 13.8 Å². The minimum absolute atomic E-state index is 0.226. The summed E-state index contributed by atoms with van der Waals surface area (Å²) in [6.07, 6.45) is 3.05. The minimum atomic E-state index is -0.494. The molecule has 3 aromatic rings. The van der Waals surface area contributed by atoms with Crippen LogP contribution in [0.4, 0.5) is 5.00 Å². The van der Waals surface area contributed by atoms with Crippen LogP contribution in [0.3, 0.4) is 0 Å². The summed E-state index contributed by atoms with van der Waals surface area (Å²) in [4.78, 5) is 25.4. The summed E-state index contributed by atoms with van der Waals surface area (Å²) in [5.74, 6) is 1.04. The molecule has 1 N–H and O–H groups in total. The zero-order valence-electron chi connectivity index (χ0n) is 19.5. The van der Waals surface area contributed by atoms with Crippen molar-refractivity contribution in [1.82, 2.24) is 0 Å². The smallest absolute Gasteiger partial charge is 0.341 e. The van der Waals surface area contributed by atoms with E-state index in [1.165, 1.54) is 17.4 Å². The van der Waals surface area contributed by atoms with Crippen molar-refractivity contribution < 1.29 is 28.5 Å². The molecule has 7 nitrogen and oxygen atoms in total. The molecule has 0 saturated carbocycles. The molecule has 1 heterocycles. The Morgan fingerprint density at radius 1 is 0.971 bits per heavy atom. The lowest BCUT2D eigenvalue weighted by molar-refractivity contribution is -0.111. The number of methoxy groups -OCH3 is 2. The highest BCUT2D eigenvalue weighted by Crippen LogP contribution is 2.37. The lowest BCUT2D eigenvalue weighted by Gasteiger charge is -2.09. The fourth-order valence-electron chi connectivity index (χ4n) is 3.25. The van der Waals surface area contributed by atoms with E-state index in [4.69, 9.17) is 18.9 Å². The highest BCUT2D eigenvalue weighted by molar-refractivity contribution is 7.15. The zero-order valence-corrected chi connectivity index (χ0v) is 20.4. The van der Waals surface area contributed by atoms with E-state index in [-0.39, 0.29) is 12.5 Å². The van der Waals surface area contributed by atoms with E-state index >= 15 is 0 Å². The van der Waals surface area contributed by atoms with Gasteiger partial charge in [0.1, 0.15) is 16.3 Å². The molecular weight excluding hydrogens is 454 g/mol. The van der Waals surface area contributed by atoms with Crippen LogP contribution in [-0.2, 0) is 9.53 Å². The summed E-state index contributed by atoms with van der Waals surface area (Å²) < 4.78 is 21.3.